The average Bonchev–Trinajstić information content (AvgIpc) is 2.35. The Morgan fingerprint density at radius 2 is 1.89 bits per heavy atom. The van der Waals surface area contributed by atoms with E-state index < -0.39 is 11.9 Å². The Labute approximate surface area is 119 Å². The maximum absolute atomic E-state index is 11.4. The SMILES string of the molecule is O=C(O)C(Cc1cccc(O)c1)c1cccc(Br)c1. The van der Waals surface area contributed by atoms with Crippen LogP contribution in [0, 0.1) is 0 Å². The molecule has 2 N–H and O–H groups in total. The Hall–Kier alpha value is -1.81. The summed E-state index contributed by atoms with van der Waals surface area (Å²) < 4.78 is 0.854. The smallest absolute Gasteiger partial charge is 0.311 e. The summed E-state index contributed by atoms with van der Waals surface area (Å²) in [5.41, 5.74) is 1.54. The molecule has 0 saturated carbocycles. The fourth-order valence-corrected chi connectivity index (χ4v) is 2.41. The zero-order valence-corrected chi connectivity index (χ0v) is 11.7. The van der Waals surface area contributed by atoms with Gasteiger partial charge in [0.1, 0.15) is 5.75 Å². The van der Waals surface area contributed by atoms with Crippen LogP contribution in [-0.2, 0) is 11.2 Å². The van der Waals surface area contributed by atoms with Crippen LogP contribution in [0.4, 0.5) is 0 Å². The van der Waals surface area contributed by atoms with Crippen LogP contribution < -0.4 is 0 Å². The molecule has 0 saturated heterocycles. The summed E-state index contributed by atoms with van der Waals surface area (Å²) in [4.78, 5) is 11.4. The number of benzene rings is 2. The average molecular weight is 321 g/mol. The Morgan fingerprint density at radius 3 is 2.53 bits per heavy atom. The number of hydrogen-bond donors (Lipinski definition) is 2. The molecule has 0 fully saturated rings. The van der Waals surface area contributed by atoms with Crippen molar-refractivity contribution in [2.45, 2.75) is 12.3 Å². The highest BCUT2D eigenvalue weighted by Gasteiger charge is 2.20. The zero-order valence-electron chi connectivity index (χ0n) is 10.1. The van der Waals surface area contributed by atoms with Crippen molar-refractivity contribution in [3.05, 3.63) is 64.1 Å². The van der Waals surface area contributed by atoms with Gasteiger partial charge in [-0.3, -0.25) is 4.79 Å². The highest BCUT2D eigenvalue weighted by atomic mass is 79.9. The minimum atomic E-state index is -0.874. The standard InChI is InChI=1S/C15H13BrO3/c16-12-5-2-4-11(9-12)14(15(18)19)8-10-3-1-6-13(17)7-10/h1-7,9,14,17H,8H2,(H,18,19). The van der Waals surface area contributed by atoms with Gasteiger partial charge < -0.3 is 10.2 Å². The molecular formula is C15H13BrO3. The topological polar surface area (TPSA) is 57.5 Å². The second-order valence-electron chi connectivity index (χ2n) is 4.32. The molecule has 0 bridgehead atoms. The molecule has 4 heteroatoms. The van der Waals surface area contributed by atoms with Crippen molar-refractivity contribution in [3.8, 4) is 5.75 Å². The molecule has 2 aromatic rings. The van der Waals surface area contributed by atoms with Gasteiger partial charge in [0.05, 0.1) is 5.92 Å². The molecule has 2 rings (SSSR count). The first-order chi connectivity index (χ1) is 9.06. The summed E-state index contributed by atoms with van der Waals surface area (Å²) in [6.45, 7) is 0. The summed E-state index contributed by atoms with van der Waals surface area (Å²) in [7, 11) is 0. The van der Waals surface area contributed by atoms with Gasteiger partial charge in [0.25, 0.3) is 0 Å². The molecule has 0 spiro atoms. The van der Waals surface area contributed by atoms with Crippen LogP contribution in [0.3, 0.4) is 0 Å². The second-order valence-corrected chi connectivity index (χ2v) is 5.24. The lowest BCUT2D eigenvalue weighted by atomic mass is 9.92. The third-order valence-corrected chi connectivity index (χ3v) is 3.39. The minimum Gasteiger partial charge on any atom is -0.508 e. The number of carboxylic acids is 1. The predicted molar refractivity (Wildman–Crippen MR) is 76.3 cm³/mol. The number of aromatic hydroxyl groups is 1. The monoisotopic (exact) mass is 320 g/mol. The van der Waals surface area contributed by atoms with E-state index in [2.05, 4.69) is 15.9 Å². The molecule has 0 heterocycles. The molecule has 0 aliphatic heterocycles. The quantitative estimate of drug-likeness (QED) is 0.905. The first-order valence-corrected chi connectivity index (χ1v) is 6.62. The maximum Gasteiger partial charge on any atom is 0.311 e. The minimum absolute atomic E-state index is 0.149. The summed E-state index contributed by atoms with van der Waals surface area (Å²) in [5, 5.41) is 18.8. The Bertz CT molecular complexity index is 595. The van der Waals surface area contributed by atoms with Crippen LogP contribution in [0.15, 0.2) is 53.0 Å². The summed E-state index contributed by atoms with van der Waals surface area (Å²) in [6, 6.07) is 14.0. The van der Waals surface area contributed by atoms with Crippen LogP contribution in [0.5, 0.6) is 5.75 Å². The van der Waals surface area contributed by atoms with E-state index in [1.54, 1.807) is 24.3 Å². The molecule has 0 amide bonds. The van der Waals surface area contributed by atoms with Crippen molar-refractivity contribution in [1.82, 2.24) is 0 Å². The van der Waals surface area contributed by atoms with Gasteiger partial charge in [-0.25, -0.2) is 0 Å². The van der Waals surface area contributed by atoms with E-state index in [1.165, 1.54) is 0 Å². The van der Waals surface area contributed by atoms with Crippen LogP contribution in [0.1, 0.15) is 17.0 Å². The Kier molecular flexibility index (Phi) is 4.22. The first-order valence-electron chi connectivity index (χ1n) is 5.82. The van der Waals surface area contributed by atoms with Gasteiger partial charge >= 0.3 is 5.97 Å². The zero-order chi connectivity index (χ0) is 13.8. The third kappa shape index (κ3) is 3.58. The number of halogens is 1. The van der Waals surface area contributed by atoms with E-state index in [4.69, 9.17) is 0 Å². The van der Waals surface area contributed by atoms with E-state index >= 15 is 0 Å². The lowest BCUT2D eigenvalue weighted by molar-refractivity contribution is -0.138. The van der Waals surface area contributed by atoms with E-state index in [0.717, 1.165) is 15.6 Å². The lowest BCUT2D eigenvalue weighted by Crippen LogP contribution is -2.14. The fourth-order valence-electron chi connectivity index (χ4n) is 1.99. The number of phenolic OH excluding ortho intramolecular Hbond substituents is 1. The van der Waals surface area contributed by atoms with Crippen molar-refractivity contribution in [1.29, 1.82) is 0 Å². The number of rotatable bonds is 4. The third-order valence-electron chi connectivity index (χ3n) is 2.90. The van der Waals surface area contributed by atoms with Crippen molar-refractivity contribution in [2.24, 2.45) is 0 Å². The van der Waals surface area contributed by atoms with E-state index in [9.17, 15) is 15.0 Å². The molecule has 0 aromatic heterocycles. The fraction of sp³-hybridized carbons (Fsp3) is 0.133. The highest BCUT2D eigenvalue weighted by Crippen LogP contribution is 2.25. The summed E-state index contributed by atoms with van der Waals surface area (Å²) in [5.74, 6) is -1.35. The Balaban J connectivity index is 2.29. The van der Waals surface area contributed by atoms with Crippen LogP contribution in [0.2, 0.25) is 0 Å². The van der Waals surface area contributed by atoms with Gasteiger partial charge in [-0.2, -0.15) is 0 Å². The lowest BCUT2D eigenvalue weighted by Gasteiger charge is -2.13. The first kappa shape index (κ1) is 13.6. The molecule has 2 aromatic carbocycles. The van der Waals surface area contributed by atoms with Crippen molar-refractivity contribution < 1.29 is 15.0 Å². The predicted octanol–water partition coefficient (Wildman–Crippen LogP) is 3.57. The number of aliphatic carboxylic acids is 1. The molecule has 19 heavy (non-hydrogen) atoms. The molecular weight excluding hydrogens is 308 g/mol. The van der Waals surface area contributed by atoms with Crippen molar-refractivity contribution >= 4 is 21.9 Å². The van der Waals surface area contributed by atoms with Crippen LogP contribution >= 0.6 is 15.9 Å². The number of phenols is 1. The highest BCUT2D eigenvalue weighted by molar-refractivity contribution is 9.10. The molecule has 0 radical (unpaired) electrons. The van der Waals surface area contributed by atoms with Crippen LogP contribution in [-0.4, -0.2) is 16.2 Å². The Morgan fingerprint density at radius 1 is 1.16 bits per heavy atom. The molecule has 3 nitrogen and oxygen atoms in total. The second kappa shape index (κ2) is 5.89. The molecule has 1 atom stereocenters. The van der Waals surface area contributed by atoms with E-state index in [-0.39, 0.29) is 5.75 Å². The number of carboxylic acid groups (broad SMARTS) is 1. The maximum atomic E-state index is 11.4. The van der Waals surface area contributed by atoms with Gasteiger partial charge in [-0.15, -0.1) is 0 Å². The van der Waals surface area contributed by atoms with Gasteiger partial charge in [0, 0.05) is 4.47 Å². The van der Waals surface area contributed by atoms with Crippen LogP contribution in [0.25, 0.3) is 0 Å². The molecule has 0 aliphatic rings. The summed E-state index contributed by atoms with van der Waals surface area (Å²) in [6.07, 6.45) is 0.347. The molecule has 1 unspecified atom stereocenters. The van der Waals surface area contributed by atoms with Gasteiger partial charge in [-0.05, 0) is 41.8 Å². The van der Waals surface area contributed by atoms with Gasteiger partial charge in [-0.1, -0.05) is 40.2 Å². The number of carbonyl (C=O) groups is 1. The summed E-state index contributed by atoms with van der Waals surface area (Å²) >= 11 is 3.34. The van der Waals surface area contributed by atoms with Gasteiger partial charge in [0.15, 0.2) is 0 Å². The van der Waals surface area contributed by atoms with Gasteiger partial charge in [0.2, 0.25) is 0 Å². The molecule has 0 aliphatic carbocycles. The largest absolute Gasteiger partial charge is 0.508 e. The van der Waals surface area contributed by atoms with Crippen molar-refractivity contribution in [3.63, 3.8) is 0 Å². The van der Waals surface area contributed by atoms with E-state index in [1.807, 2.05) is 24.3 Å². The normalized spacial score (nSPS) is 12.1. The molecule has 98 valence electrons. The number of hydrogen-bond acceptors (Lipinski definition) is 2. The van der Waals surface area contributed by atoms with Crippen molar-refractivity contribution in [2.75, 3.05) is 0 Å². The van der Waals surface area contributed by atoms with E-state index in [0.29, 0.717) is 6.42 Å².